The summed E-state index contributed by atoms with van der Waals surface area (Å²) in [6.45, 7) is 6.68. The van der Waals surface area contributed by atoms with E-state index in [9.17, 15) is 4.79 Å². The molecule has 6 nitrogen and oxygen atoms in total. The van der Waals surface area contributed by atoms with E-state index in [0.717, 1.165) is 52.4 Å². The van der Waals surface area contributed by atoms with Crippen molar-refractivity contribution in [1.82, 2.24) is 9.80 Å². The SMILES string of the molecule is COCC(N)C(=O)N1CCCC(CN2CCOCC2)C1.Cl.Cl. The Hall–Kier alpha value is -0.110. The normalized spacial score (nSPS) is 24.1. The van der Waals surface area contributed by atoms with Crippen LogP contribution in [-0.2, 0) is 14.3 Å². The summed E-state index contributed by atoms with van der Waals surface area (Å²) in [5.41, 5.74) is 5.85. The van der Waals surface area contributed by atoms with Crippen molar-refractivity contribution in [2.45, 2.75) is 18.9 Å². The number of likely N-dealkylation sites (tertiary alicyclic amines) is 1. The highest BCUT2D eigenvalue weighted by molar-refractivity contribution is 5.85. The molecular formula is C14H29Cl2N3O3. The molecule has 2 fully saturated rings. The highest BCUT2D eigenvalue weighted by Crippen LogP contribution is 2.18. The Morgan fingerprint density at radius 3 is 2.64 bits per heavy atom. The van der Waals surface area contributed by atoms with Crippen LogP contribution in [0.1, 0.15) is 12.8 Å². The van der Waals surface area contributed by atoms with Gasteiger partial charge in [-0.05, 0) is 18.8 Å². The molecule has 1 amide bonds. The molecule has 2 N–H and O–H groups in total. The zero-order chi connectivity index (χ0) is 14.4. The number of carbonyl (C=O) groups is 1. The van der Waals surface area contributed by atoms with Crippen molar-refractivity contribution in [2.75, 3.05) is 59.7 Å². The van der Waals surface area contributed by atoms with Gasteiger partial charge >= 0.3 is 0 Å². The number of amides is 1. The Labute approximate surface area is 145 Å². The van der Waals surface area contributed by atoms with Gasteiger partial charge in [-0.15, -0.1) is 24.8 Å². The van der Waals surface area contributed by atoms with E-state index in [0.29, 0.717) is 12.5 Å². The zero-order valence-electron chi connectivity index (χ0n) is 13.2. The maximum Gasteiger partial charge on any atom is 0.241 e. The number of hydrogen-bond donors (Lipinski definition) is 1. The summed E-state index contributed by atoms with van der Waals surface area (Å²) in [4.78, 5) is 16.6. The maximum atomic E-state index is 12.2. The summed E-state index contributed by atoms with van der Waals surface area (Å²) >= 11 is 0. The second kappa shape index (κ2) is 11.4. The molecule has 2 unspecified atom stereocenters. The first-order valence-corrected chi connectivity index (χ1v) is 7.54. The summed E-state index contributed by atoms with van der Waals surface area (Å²) in [7, 11) is 1.57. The van der Waals surface area contributed by atoms with Crippen LogP contribution in [0.2, 0.25) is 0 Å². The van der Waals surface area contributed by atoms with Crippen molar-refractivity contribution in [3.8, 4) is 0 Å². The van der Waals surface area contributed by atoms with Gasteiger partial charge in [-0.1, -0.05) is 0 Å². The zero-order valence-corrected chi connectivity index (χ0v) is 14.9. The first-order valence-electron chi connectivity index (χ1n) is 7.54. The van der Waals surface area contributed by atoms with Crippen molar-refractivity contribution >= 4 is 30.7 Å². The monoisotopic (exact) mass is 357 g/mol. The Balaban J connectivity index is 0.00000220. The number of rotatable bonds is 5. The van der Waals surface area contributed by atoms with Crippen LogP contribution in [0.15, 0.2) is 0 Å². The van der Waals surface area contributed by atoms with E-state index >= 15 is 0 Å². The van der Waals surface area contributed by atoms with Crippen molar-refractivity contribution in [3.63, 3.8) is 0 Å². The summed E-state index contributed by atoms with van der Waals surface area (Å²) in [5.74, 6) is 0.582. The minimum absolute atomic E-state index is 0. The Morgan fingerprint density at radius 2 is 2.00 bits per heavy atom. The number of nitrogens with zero attached hydrogens (tertiary/aromatic N) is 2. The molecule has 0 aromatic carbocycles. The number of ether oxygens (including phenoxy) is 2. The number of nitrogens with two attached hydrogens (primary N) is 1. The van der Waals surface area contributed by atoms with Crippen LogP contribution >= 0.6 is 24.8 Å². The second-order valence-corrected chi connectivity index (χ2v) is 5.77. The van der Waals surface area contributed by atoms with Gasteiger partial charge in [0.25, 0.3) is 0 Å². The maximum absolute atomic E-state index is 12.2. The third-order valence-corrected chi connectivity index (χ3v) is 4.11. The Morgan fingerprint density at radius 1 is 1.32 bits per heavy atom. The molecule has 0 aromatic heterocycles. The van der Waals surface area contributed by atoms with Crippen LogP contribution in [0.4, 0.5) is 0 Å². The molecule has 0 spiro atoms. The van der Waals surface area contributed by atoms with E-state index in [2.05, 4.69) is 4.90 Å². The molecule has 2 heterocycles. The first-order chi connectivity index (χ1) is 9.70. The lowest BCUT2D eigenvalue weighted by Crippen LogP contribution is -2.51. The molecule has 8 heteroatoms. The highest BCUT2D eigenvalue weighted by Gasteiger charge is 2.28. The minimum atomic E-state index is -0.526. The number of piperidine rings is 1. The van der Waals surface area contributed by atoms with E-state index in [-0.39, 0.29) is 30.7 Å². The molecule has 2 aliphatic heterocycles. The smallest absolute Gasteiger partial charge is 0.241 e. The summed E-state index contributed by atoms with van der Waals surface area (Å²) in [6, 6.07) is -0.526. The molecule has 2 atom stereocenters. The first kappa shape index (κ1) is 21.9. The largest absolute Gasteiger partial charge is 0.383 e. The lowest BCUT2D eigenvalue weighted by molar-refractivity contribution is -0.135. The van der Waals surface area contributed by atoms with Gasteiger partial charge in [-0.2, -0.15) is 0 Å². The second-order valence-electron chi connectivity index (χ2n) is 5.77. The lowest BCUT2D eigenvalue weighted by atomic mass is 9.96. The van der Waals surface area contributed by atoms with Gasteiger partial charge in [0.2, 0.25) is 5.91 Å². The third-order valence-electron chi connectivity index (χ3n) is 4.11. The van der Waals surface area contributed by atoms with Crippen LogP contribution in [0.3, 0.4) is 0 Å². The van der Waals surface area contributed by atoms with Gasteiger partial charge in [0.15, 0.2) is 0 Å². The molecule has 2 saturated heterocycles. The lowest BCUT2D eigenvalue weighted by Gasteiger charge is -2.37. The van der Waals surface area contributed by atoms with Crippen LogP contribution in [0.5, 0.6) is 0 Å². The van der Waals surface area contributed by atoms with Crippen molar-refractivity contribution in [2.24, 2.45) is 11.7 Å². The summed E-state index contributed by atoms with van der Waals surface area (Å²) in [6.07, 6.45) is 2.26. The molecule has 0 aromatic rings. The van der Waals surface area contributed by atoms with E-state index < -0.39 is 6.04 Å². The predicted molar refractivity (Wildman–Crippen MR) is 90.9 cm³/mol. The van der Waals surface area contributed by atoms with Crippen molar-refractivity contribution < 1.29 is 14.3 Å². The summed E-state index contributed by atoms with van der Waals surface area (Å²) in [5, 5.41) is 0. The van der Waals surface area contributed by atoms with Crippen LogP contribution in [-0.4, -0.2) is 81.4 Å². The standard InChI is InChI=1S/C14H27N3O3.2ClH/c1-19-11-13(15)14(18)17-4-2-3-12(10-17)9-16-5-7-20-8-6-16;;/h12-13H,2-11,15H2,1H3;2*1H. The molecule has 0 bridgehead atoms. The fourth-order valence-electron chi connectivity index (χ4n) is 3.05. The Kier molecular flexibility index (Phi) is 11.4. The van der Waals surface area contributed by atoms with Gasteiger partial charge in [0, 0.05) is 39.8 Å². The molecule has 2 aliphatic rings. The van der Waals surface area contributed by atoms with Crippen molar-refractivity contribution in [3.05, 3.63) is 0 Å². The summed E-state index contributed by atoms with van der Waals surface area (Å²) < 4.78 is 10.3. The number of hydrogen-bond acceptors (Lipinski definition) is 5. The highest BCUT2D eigenvalue weighted by atomic mass is 35.5. The fourth-order valence-corrected chi connectivity index (χ4v) is 3.05. The Bertz CT molecular complexity index is 318. The molecule has 132 valence electrons. The van der Waals surface area contributed by atoms with Crippen LogP contribution in [0, 0.1) is 5.92 Å². The molecule has 0 saturated carbocycles. The van der Waals surface area contributed by atoms with Gasteiger partial charge < -0.3 is 20.1 Å². The molecule has 0 aliphatic carbocycles. The fraction of sp³-hybridized carbons (Fsp3) is 0.929. The van der Waals surface area contributed by atoms with Gasteiger partial charge in [0.1, 0.15) is 6.04 Å². The quantitative estimate of drug-likeness (QED) is 0.769. The number of methoxy groups -OCH3 is 1. The molecular weight excluding hydrogens is 329 g/mol. The molecule has 0 radical (unpaired) electrons. The van der Waals surface area contributed by atoms with E-state index in [1.54, 1.807) is 7.11 Å². The average Bonchev–Trinajstić information content (AvgIpc) is 2.48. The van der Waals surface area contributed by atoms with Crippen LogP contribution in [0.25, 0.3) is 0 Å². The topological polar surface area (TPSA) is 68.0 Å². The number of morpholine rings is 1. The van der Waals surface area contributed by atoms with E-state index in [1.165, 1.54) is 6.42 Å². The average molecular weight is 358 g/mol. The van der Waals surface area contributed by atoms with Crippen LogP contribution < -0.4 is 5.73 Å². The van der Waals surface area contributed by atoms with E-state index in [1.807, 2.05) is 4.90 Å². The minimum Gasteiger partial charge on any atom is -0.383 e. The third kappa shape index (κ3) is 6.56. The van der Waals surface area contributed by atoms with E-state index in [4.69, 9.17) is 15.2 Å². The predicted octanol–water partition coefficient (Wildman–Crippen LogP) is 0.375. The number of carbonyl (C=O) groups excluding carboxylic acids is 1. The number of halogens is 2. The van der Waals surface area contributed by atoms with Crippen molar-refractivity contribution in [1.29, 1.82) is 0 Å². The van der Waals surface area contributed by atoms with Gasteiger partial charge in [-0.25, -0.2) is 0 Å². The molecule has 22 heavy (non-hydrogen) atoms. The van der Waals surface area contributed by atoms with Gasteiger partial charge in [-0.3, -0.25) is 9.69 Å². The van der Waals surface area contributed by atoms with Gasteiger partial charge in [0.05, 0.1) is 19.8 Å². The molecule has 2 rings (SSSR count).